The van der Waals surface area contributed by atoms with E-state index in [4.69, 9.17) is 5.73 Å². The highest BCUT2D eigenvalue weighted by atomic mass is 16.3. The van der Waals surface area contributed by atoms with E-state index in [2.05, 4.69) is 5.32 Å². The third-order valence-electron chi connectivity index (χ3n) is 2.72. The lowest BCUT2D eigenvalue weighted by atomic mass is 10.0. The molecular weight excluding hydrogens is 216 g/mol. The number of hydrogen-bond donors (Lipinski definition) is 3. The summed E-state index contributed by atoms with van der Waals surface area (Å²) in [6, 6.07) is 8.41. The van der Waals surface area contributed by atoms with Crippen molar-refractivity contribution in [2.45, 2.75) is 25.9 Å². The fraction of sp³-hybridized carbons (Fsp3) is 0.462. The van der Waals surface area contributed by atoms with Crippen molar-refractivity contribution in [2.75, 3.05) is 6.61 Å². The van der Waals surface area contributed by atoms with Gasteiger partial charge in [-0.2, -0.15) is 0 Å². The molecule has 1 rings (SSSR count). The quantitative estimate of drug-likeness (QED) is 0.708. The van der Waals surface area contributed by atoms with Crippen molar-refractivity contribution >= 4 is 5.91 Å². The molecule has 4 heteroatoms. The average Bonchev–Trinajstić information content (AvgIpc) is 2.35. The second-order valence-corrected chi connectivity index (χ2v) is 4.42. The van der Waals surface area contributed by atoms with Gasteiger partial charge in [-0.3, -0.25) is 4.79 Å². The second kappa shape index (κ2) is 6.37. The number of benzene rings is 1. The Kier molecular flexibility index (Phi) is 5.12. The van der Waals surface area contributed by atoms with Gasteiger partial charge in [0.15, 0.2) is 0 Å². The first kappa shape index (κ1) is 13.7. The van der Waals surface area contributed by atoms with E-state index in [9.17, 15) is 9.90 Å². The molecule has 0 aliphatic carbocycles. The molecule has 1 aromatic carbocycles. The van der Waals surface area contributed by atoms with Crippen LogP contribution in [-0.4, -0.2) is 23.7 Å². The maximum Gasteiger partial charge on any atom is 0.237 e. The van der Waals surface area contributed by atoms with Gasteiger partial charge in [0.1, 0.15) is 0 Å². The van der Waals surface area contributed by atoms with Crippen LogP contribution in [0.15, 0.2) is 30.3 Å². The van der Waals surface area contributed by atoms with Crippen LogP contribution in [0.25, 0.3) is 0 Å². The first-order valence-electron chi connectivity index (χ1n) is 5.78. The lowest BCUT2D eigenvalue weighted by Gasteiger charge is -2.21. The zero-order valence-corrected chi connectivity index (χ0v) is 10.3. The maximum atomic E-state index is 11.8. The van der Waals surface area contributed by atoms with Crippen LogP contribution < -0.4 is 11.1 Å². The summed E-state index contributed by atoms with van der Waals surface area (Å²) in [6.07, 6.45) is 0. The van der Waals surface area contributed by atoms with Gasteiger partial charge in [-0.15, -0.1) is 0 Å². The highest BCUT2D eigenvalue weighted by Gasteiger charge is 2.20. The molecule has 2 atom stereocenters. The fourth-order valence-electron chi connectivity index (χ4n) is 1.49. The van der Waals surface area contributed by atoms with Crippen LogP contribution in [-0.2, 0) is 4.79 Å². The van der Waals surface area contributed by atoms with Crippen LogP contribution >= 0.6 is 0 Å². The summed E-state index contributed by atoms with van der Waals surface area (Å²) in [4.78, 5) is 11.8. The number of carbonyl (C=O) groups is 1. The SMILES string of the molecule is CC(C)[C@H](N)C(=O)NC(CO)c1ccccc1. The summed E-state index contributed by atoms with van der Waals surface area (Å²) in [6.45, 7) is 3.64. The number of carbonyl (C=O) groups excluding carboxylic acids is 1. The topological polar surface area (TPSA) is 75.4 Å². The van der Waals surface area contributed by atoms with Gasteiger partial charge in [0, 0.05) is 0 Å². The molecule has 0 spiro atoms. The van der Waals surface area contributed by atoms with E-state index in [1.54, 1.807) is 0 Å². The normalized spacial score (nSPS) is 14.4. The van der Waals surface area contributed by atoms with E-state index in [0.717, 1.165) is 5.56 Å². The third-order valence-corrected chi connectivity index (χ3v) is 2.72. The van der Waals surface area contributed by atoms with Gasteiger partial charge in [-0.1, -0.05) is 44.2 Å². The Morgan fingerprint density at radius 3 is 2.41 bits per heavy atom. The van der Waals surface area contributed by atoms with Crippen LogP contribution in [0.2, 0.25) is 0 Å². The maximum absolute atomic E-state index is 11.8. The number of hydrogen-bond acceptors (Lipinski definition) is 3. The van der Waals surface area contributed by atoms with E-state index >= 15 is 0 Å². The molecule has 1 unspecified atom stereocenters. The standard InChI is InChI=1S/C13H20N2O2/c1-9(2)12(14)13(17)15-11(8-16)10-6-4-3-5-7-10/h3-7,9,11-12,16H,8,14H2,1-2H3,(H,15,17)/t11?,12-/m0/s1. The molecular formula is C13H20N2O2. The molecule has 4 nitrogen and oxygen atoms in total. The Morgan fingerprint density at radius 2 is 1.94 bits per heavy atom. The van der Waals surface area contributed by atoms with Crippen molar-refractivity contribution in [2.24, 2.45) is 11.7 Å². The molecule has 0 aliphatic rings. The Labute approximate surface area is 102 Å². The smallest absolute Gasteiger partial charge is 0.237 e. The van der Waals surface area contributed by atoms with E-state index < -0.39 is 12.1 Å². The zero-order valence-electron chi connectivity index (χ0n) is 10.3. The van der Waals surface area contributed by atoms with Crippen molar-refractivity contribution in [1.82, 2.24) is 5.32 Å². The summed E-state index contributed by atoms with van der Waals surface area (Å²) in [5.74, 6) is -0.159. The Morgan fingerprint density at radius 1 is 1.35 bits per heavy atom. The molecule has 17 heavy (non-hydrogen) atoms. The molecule has 0 saturated carbocycles. The summed E-state index contributed by atoms with van der Waals surface area (Å²) in [5.41, 5.74) is 6.62. The summed E-state index contributed by atoms with van der Waals surface area (Å²) in [7, 11) is 0. The molecule has 1 amide bonds. The number of aliphatic hydroxyl groups excluding tert-OH is 1. The zero-order chi connectivity index (χ0) is 12.8. The van der Waals surface area contributed by atoms with Crippen LogP contribution in [0.4, 0.5) is 0 Å². The highest BCUT2D eigenvalue weighted by Crippen LogP contribution is 2.12. The Hall–Kier alpha value is -1.39. The van der Waals surface area contributed by atoms with Gasteiger partial charge in [0.05, 0.1) is 18.7 Å². The van der Waals surface area contributed by atoms with Gasteiger partial charge < -0.3 is 16.2 Å². The van der Waals surface area contributed by atoms with Crippen LogP contribution in [0.3, 0.4) is 0 Å². The van der Waals surface area contributed by atoms with E-state index in [0.29, 0.717) is 0 Å². The molecule has 0 fully saturated rings. The van der Waals surface area contributed by atoms with Crippen molar-refractivity contribution in [3.8, 4) is 0 Å². The molecule has 1 aromatic rings. The van der Waals surface area contributed by atoms with Crippen LogP contribution in [0, 0.1) is 5.92 Å². The largest absolute Gasteiger partial charge is 0.394 e. The molecule has 0 aromatic heterocycles. The minimum atomic E-state index is -0.548. The minimum Gasteiger partial charge on any atom is -0.394 e. The number of amides is 1. The Balaban J connectivity index is 2.68. The number of nitrogens with one attached hydrogen (secondary N) is 1. The van der Waals surface area contributed by atoms with Gasteiger partial charge in [-0.25, -0.2) is 0 Å². The lowest BCUT2D eigenvalue weighted by molar-refractivity contribution is -0.124. The van der Waals surface area contributed by atoms with Crippen molar-refractivity contribution in [3.05, 3.63) is 35.9 Å². The minimum absolute atomic E-state index is 0.0742. The molecule has 0 heterocycles. The summed E-state index contributed by atoms with van der Waals surface area (Å²) < 4.78 is 0. The first-order chi connectivity index (χ1) is 8.06. The van der Waals surface area contributed by atoms with Crippen molar-refractivity contribution in [3.63, 3.8) is 0 Å². The molecule has 4 N–H and O–H groups in total. The number of rotatable bonds is 5. The second-order valence-electron chi connectivity index (χ2n) is 4.42. The van der Waals surface area contributed by atoms with Gasteiger partial charge in [0.25, 0.3) is 0 Å². The number of aliphatic hydroxyl groups is 1. The predicted molar refractivity (Wildman–Crippen MR) is 67.2 cm³/mol. The average molecular weight is 236 g/mol. The van der Waals surface area contributed by atoms with Gasteiger partial charge in [0.2, 0.25) is 5.91 Å². The van der Waals surface area contributed by atoms with Gasteiger partial charge >= 0.3 is 0 Å². The van der Waals surface area contributed by atoms with Crippen molar-refractivity contribution < 1.29 is 9.90 Å². The summed E-state index contributed by atoms with van der Waals surface area (Å²) in [5, 5.41) is 12.0. The molecule has 0 aliphatic heterocycles. The molecule has 0 saturated heterocycles. The number of nitrogens with two attached hydrogens (primary N) is 1. The van der Waals surface area contributed by atoms with E-state index in [1.807, 2.05) is 44.2 Å². The van der Waals surface area contributed by atoms with E-state index in [1.165, 1.54) is 0 Å². The lowest BCUT2D eigenvalue weighted by Crippen LogP contribution is -2.45. The van der Waals surface area contributed by atoms with E-state index in [-0.39, 0.29) is 18.4 Å². The highest BCUT2D eigenvalue weighted by molar-refractivity contribution is 5.82. The summed E-state index contributed by atoms with van der Waals surface area (Å²) >= 11 is 0. The van der Waals surface area contributed by atoms with Crippen LogP contribution in [0.1, 0.15) is 25.5 Å². The molecule has 0 bridgehead atoms. The molecule has 94 valence electrons. The fourth-order valence-corrected chi connectivity index (χ4v) is 1.49. The monoisotopic (exact) mass is 236 g/mol. The Bertz CT molecular complexity index is 352. The van der Waals surface area contributed by atoms with Gasteiger partial charge in [-0.05, 0) is 11.5 Å². The van der Waals surface area contributed by atoms with Crippen molar-refractivity contribution in [1.29, 1.82) is 0 Å². The first-order valence-corrected chi connectivity index (χ1v) is 5.78. The third kappa shape index (κ3) is 3.84. The van der Waals surface area contributed by atoms with Crippen LogP contribution in [0.5, 0.6) is 0 Å². The predicted octanol–water partition coefficient (Wildman–Crippen LogP) is 0.819. The molecule has 0 radical (unpaired) electrons.